The highest BCUT2D eigenvalue weighted by Gasteiger charge is 2.33. The topological polar surface area (TPSA) is 96.7 Å². The first-order valence-corrected chi connectivity index (χ1v) is 9.02. The molecule has 136 valence electrons. The Bertz CT molecular complexity index is 910. The van der Waals surface area contributed by atoms with E-state index in [2.05, 4.69) is 22.6 Å². The Kier molecular flexibility index (Phi) is 4.04. The van der Waals surface area contributed by atoms with Gasteiger partial charge in [0.2, 0.25) is 0 Å². The third kappa shape index (κ3) is 2.69. The van der Waals surface area contributed by atoms with Crippen LogP contribution in [0.15, 0.2) is 18.2 Å². The summed E-state index contributed by atoms with van der Waals surface area (Å²) in [5.41, 5.74) is 2.32. The molecule has 0 spiro atoms. The lowest BCUT2D eigenvalue weighted by Crippen LogP contribution is -2.38. The molecule has 0 fully saturated rings. The van der Waals surface area contributed by atoms with E-state index in [1.54, 1.807) is 23.5 Å². The van der Waals surface area contributed by atoms with Crippen LogP contribution >= 0.6 is 11.3 Å². The van der Waals surface area contributed by atoms with Crippen LogP contribution in [-0.4, -0.2) is 36.4 Å². The summed E-state index contributed by atoms with van der Waals surface area (Å²) >= 11 is 1.59. The summed E-state index contributed by atoms with van der Waals surface area (Å²) in [5, 5.41) is 18.3. The molecule has 8 nitrogen and oxygen atoms in total. The van der Waals surface area contributed by atoms with E-state index in [9.17, 15) is 14.9 Å². The second kappa shape index (κ2) is 6.26. The van der Waals surface area contributed by atoms with Crippen LogP contribution in [0.25, 0.3) is 0 Å². The van der Waals surface area contributed by atoms with Gasteiger partial charge in [-0.25, -0.2) is 0 Å². The fraction of sp³-hybridized carbons (Fsp3) is 0.353. The van der Waals surface area contributed by atoms with Gasteiger partial charge in [-0.05, 0) is 25.1 Å². The number of hydrogen-bond acceptors (Lipinski definition) is 7. The summed E-state index contributed by atoms with van der Waals surface area (Å²) in [7, 11) is 3.45. The first-order chi connectivity index (χ1) is 12.5. The zero-order valence-electron chi connectivity index (χ0n) is 14.4. The van der Waals surface area contributed by atoms with E-state index in [0.29, 0.717) is 5.56 Å². The number of carbonyl (C=O) groups excluding carboxylic acids is 1. The molecule has 9 heteroatoms. The van der Waals surface area contributed by atoms with E-state index in [-0.39, 0.29) is 17.3 Å². The molecule has 26 heavy (non-hydrogen) atoms. The number of methoxy groups -OCH3 is 1. The summed E-state index contributed by atoms with van der Waals surface area (Å²) in [6.45, 7) is 1.76. The number of fused-ring (bicyclic) bond motifs is 3. The summed E-state index contributed by atoms with van der Waals surface area (Å²) in [5.74, 6) is 0.0560. The molecule has 0 saturated heterocycles. The lowest BCUT2D eigenvalue weighted by molar-refractivity contribution is -0.385. The van der Waals surface area contributed by atoms with Crippen LogP contribution in [0.2, 0.25) is 0 Å². The quantitative estimate of drug-likeness (QED) is 0.633. The van der Waals surface area contributed by atoms with Crippen molar-refractivity contribution in [3.63, 3.8) is 0 Å². The lowest BCUT2D eigenvalue weighted by atomic mass is 10.0. The van der Waals surface area contributed by atoms with Crippen LogP contribution in [0.5, 0.6) is 5.75 Å². The maximum absolute atomic E-state index is 12.7. The molecule has 1 amide bonds. The van der Waals surface area contributed by atoms with Crippen molar-refractivity contribution >= 4 is 27.9 Å². The molecule has 0 unspecified atom stereocenters. The lowest BCUT2D eigenvalue weighted by Gasteiger charge is -2.27. The number of thiophene rings is 1. The van der Waals surface area contributed by atoms with Crippen molar-refractivity contribution < 1.29 is 14.5 Å². The molecular formula is C17H18N4O4S. The number of carbonyl (C=O) groups is 1. The largest absolute Gasteiger partial charge is 0.490 e. The molecule has 0 aliphatic carbocycles. The van der Waals surface area contributed by atoms with Gasteiger partial charge in [0.05, 0.1) is 17.6 Å². The predicted octanol–water partition coefficient (Wildman–Crippen LogP) is 2.51. The molecule has 2 aliphatic rings. The number of nitro groups is 1. The van der Waals surface area contributed by atoms with E-state index in [1.165, 1.54) is 18.1 Å². The normalized spacial score (nSPS) is 19.2. The number of likely N-dealkylation sites (N-methyl/N-ethyl adjacent to an activating group) is 1. The van der Waals surface area contributed by atoms with E-state index < -0.39 is 11.1 Å². The van der Waals surface area contributed by atoms with E-state index in [1.807, 2.05) is 0 Å². The Morgan fingerprint density at radius 1 is 1.38 bits per heavy atom. The standard InChI is InChI=1S/C17H18N4O4S/c1-20-6-5-10-13(8-20)26-17-14(10)16(22)18-15(19-17)9-3-4-12(25-2)11(7-9)21(23)24/h3-4,7,15,19H,5-6,8H2,1-2H3,(H,18,22)/t15-/m0/s1. The molecule has 0 radical (unpaired) electrons. The average Bonchev–Trinajstić information content (AvgIpc) is 2.98. The van der Waals surface area contributed by atoms with Gasteiger partial charge in [-0.3, -0.25) is 14.9 Å². The number of benzene rings is 1. The summed E-state index contributed by atoms with van der Waals surface area (Å²) in [6, 6.07) is 4.70. The number of anilines is 1. The smallest absolute Gasteiger partial charge is 0.311 e. The number of amides is 1. The van der Waals surface area contributed by atoms with Crippen LogP contribution < -0.4 is 15.4 Å². The van der Waals surface area contributed by atoms with Crippen molar-refractivity contribution in [2.75, 3.05) is 26.0 Å². The Morgan fingerprint density at radius 2 is 2.19 bits per heavy atom. The first kappa shape index (κ1) is 16.8. The minimum atomic E-state index is -0.516. The predicted molar refractivity (Wildman–Crippen MR) is 97.8 cm³/mol. The van der Waals surface area contributed by atoms with Gasteiger partial charge in [-0.2, -0.15) is 0 Å². The van der Waals surface area contributed by atoms with Crippen LogP contribution in [0.3, 0.4) is 0 Å². The van der Waals surface area contributed by atoms with E-state index in [0.717, 1.165) is 35.6 Å². The number of nitrogens with one attached hydrogen (secondary N) is 2. The Hall–Kier alpha value is -2.65. The van der Waals surface area contributed by atoms with Crippen molar-refractivity contribution in [1.82, 2.24) is 10.2 Å². The highest BCUT2D eigenvalue weighted by Crippen LogP contribution is 2.41. The molecule has 1 aromatic carbocycles. The van der Waals surface area contributed by atoms with Gasteiger partial charge in [0, 0.05) is 29.6 Å². The Balaban J connectivity index is 1.69. The van der Waals surface area contributed by atoms with Crippen molar-refractivity contribution in [3.8, 4) is 5.75 Å². The number of nitrogens with zero attached hydrogens (tertiary/aromatic N) is 2. The highest BCUT2D eigenvalue weighted by atomic mass is 32.1. The van der Waals surface area contributed by atoms with Crippen molar-refractivity contribution in [2.24, 2.45) is 0 Å². The van der Waals surface area contributed by atoms with Gasteiger partial charge < -0.3 is 20.3 Å². The molecule has 3 heterocycles. The molecule has 0 bridgehead atoms. The second-order valence-corrected chi connectivity index (χ2v) is 7.54. The monoisotopic (exact) mass is 374 g/mol. The fourth-order valence-corrected chi connectivity index (χ4v) is 4.79. The van der Waals surface area contributed by atoms with Crippen LogP contribution in [0, 0.1) is 10.1 Å². The maximum Gasteiger partial charge on any atom is 0.311 e. The molecule has 1 aromatic heterocycles. The van der Waals surface area contributed by atoms with Crippen LogP contribution in [0.1, 0.15) is 32.5 Å². The molecule has 2 aliphatic heterocycles. The minimum absolute atomic E-state index is 0.126. The second-order valence-electron chi connectivity index (χ2n) is 6.43. The molecular weight excluding hydrogens is 356 g/mol. The summed E-state index contributed by atoms with van der Waals surface area (Å²) in [6.07, 6.45) is 0.336. The molecule has 0 saturated carbocycles. The van der Waals surface area contributed by atoms with Crippen molar-refractivity contribution in [2.45, 2.75) is 19.1 Å². The Morgan fingerprint density at radius 3 is 2.92 bits per heavy atom. The summed E-state index contributed by atoms with van der Waals surface area (Å²) < 4.78 is 5.04. The minimum Gasteiger partial charge on any atom is -0.490 e. The van der Waals surface area contributed by atoms with Gasteiger partial charge in [-0.15, -0.1) is 11.3 Å². The number of nitro benzene ring substituents is 1. The van der Waals surface area contributed by atoms with Crippen molar-refractivity contribution in [1.29, 1.82) is 0 Å². The third-order valence-electron chi connectivity index (χ3n) is 4.76. The van der Waals surface area contributed by atoms with Gasteiger partial charge >= 0.3 is 5.69 Å². The highest BCUT2D eigenvalue weighted by molar-refractivity contribution is 7.16. The first-order valence-electron chi connectivity index (χ1n) is 8.20. The maximum atomic E-state index is 12.7. The number of hydrogen-bond donors (Lipinski definition) is 2. The Labute approximate surface area is 153 Å². The SMILES string of the molecule is COc1ccc([C@H]2NC(=O)c3c(sc4c3CCN(C)C4)N2)cc1[N+](=O)[O-]. The van der Waals surface area contributed by atoms with Gasteiger partial charge in [0.15, 0.2) is 5.75 Å². The molecule has 1 atom stereocenters. The summed E-state index contributed by atoms with van der Waals surface area (Å²) in [4.78, 5) is 26.9. The van der Waals surface area contributed by atoms with Gasteiger partial charge in [0.1, 0.15) is 11.2 Å². The van der Waals surface area contributed by atoms with Crippen molar-refractivity contribution in [3.05, 3.63) is 49.9 Å². The van der Waals surface area contributed by atoms with Crippen LogP contribution in [-0.2, 0) is 13.0 Å². The molecule has 2 N–H and O–H groups in total. The molecule has 4 rings (SSSR count). The zero-order chi connectivity index (χ0) is 18.4. The fourth-order valence-electron chi connectivity index (χ4n) is 3.44. The van der Waals surface area contributed by atoms with Crippen LogP contribution in [0.4, 0.5) is 10.7 Å². The van der Waals surface area contributed by atoms with Gasteiger partial charge in [-0.1, -0.05) is 6.07 Å². The van der Waals surface area contributed by atoms with E-state index >= 15 is 0 Å². The van der Waals surface area contributed by atoms with Gasteiger partial charge in [0.25, 0.3) is 5.91 Å². The zero-order valence-corrected chi connectivity index (χ0v) is 15.2. The third-order valence-corrected chi connectivity index (χ3v) is 5.91. The molecule has 2 aromatic rings. The van der Waals surface area contributed by atoms with E-state index in [4.69, 9.17) is 4.74 Å². The number of ether oxygens (including phenoxy) is 1. The number of rotatable bonds is 3. The average molecular weight is 374 g/mol.